The zero-order valence-corrected chi connectivity index (χ0v) is 13.6. The van der Waals surface area contributed by atoms with Crippen molar-refractivity contribution in [3.63, 3.8) is 0 Å². The molecule has 0 saturated heterocycles. The van der Waals surface area contributed by atoms with Crippen molar-refractivity contribution in [2.24, 2.45) is 0 Å². The summed E-state index contributed by atoms with van der Waals surface area (Å²) in [5.41, 5.74) is 4.81. The topological polar surface area (TPSA) is 103 Å². The predicted molar refractivity (Wildman–Crippen MR) is 98.0 cm³/mol. The number of anilines is 2. The minimum atomic E-state index is -0.653. The van der Waals surface area contributed by atoms with Crippen molar-refractivity contribution in [2.45, 2.75) is 0 Å². The Morgan fingerprint density at radius 3 is 2.31 bits per heavy atom. The Bertz CT molecular complexity index is 912. The summed E-state index contributed by atoms with van der Waals surface area (Å²) < 4.78 is 0. The lowest BCUT2D eigenvalue weighted by Gasteiger charge is -2.09. The third kappa shape index (κ3) is 4.22. The highest BCUT2D eigenvalue weighted by Crippen LogP contribution is 2.20. The molecule has 0 saturated carbocycles. The molecule has 7 nitrogen and oxygen atoms in total. The van der Waals surface area contributed by atoms with E-state index < -0.39 is 11.9 Å². The number of urea groups is 1. The Kier molecular flexibility index (Phi) is 5.21. The van der Waals surface area contributed by atoms with E-state index in [0.717, 1.165) is 11.1 Å². The first-order valence-electron chi connectivity index (χ1n) is 7.79. The van der Waals surface area contributed by atoms with E-state index in [1.807, 2.05) is 24.3 Å². The standard InChI is InChI=1S/C19H16N4O3/c24-18(23-26)14-3-1-5-17(11-14)22-19(25)21-16-8-6-13(7-9-16)15-4-2-10-20-12-15/h1-12,26H,(H,23,24)(H2,21,22,25). The molecule has 0 aliphatic rings. The molecule has 7 heteroatoms. The number of hydrogen-bond acceptors (Lipinski definition) is 4. The number of nitrogens with one attached hydrogen (secondary N) is 3. The van der Waals surface area contributed by atoms with Gasteiger partial charge in [0.2, 0.25) is 0 Å². The van der Waals surface area contributed by atoms with E-state index in [1.165, 1.54) is 12.1 Å². The lowest BCUT2D eigenvalue weighted by atomic mass is 10.1. The highest BCUT2D eigenvalue weighted by Gasteiger charge is 2.07. The van der Waals surface area contributed by atoms with Crippen LogP contribution < -0.4 is 16.1 Å². The molecular formula is C19H16N4O3. The fraction of sp³-hybridized carbons (Fsp3) is 0. The molecule has 130 valence electrons. The molecule has 3 rings (SSSR count). The van der Waals surface area contributed by atoms with Gasteiger partial charge in [-0.3, -0.25) is 15.0 Å². The highest BCUT2D eigenvalue weighted by atomic mass is 16.5. The molecule has 0 aliphatic heterocycles. The quantitative estimate of drug-likeness (QED) is 0.428. The van der Waals surface area contributed by atoms with Crippen LogP contribution in [0.2, 0.25) is 0 Å². The SMILES string of the molecule is O=C(Nc1ccc(-c2cccnc2)cc1)Nc1cccc(C(=O)NO)c1. The van der Waals surface area contributed by atoms with Gasteiger partial charge in [-0.1, -0.05) is 24.3 Å². The Balaban J connectivity index is 1.64. The molecule has 26 heavy (non-hydrogen) atoms. The van der Waals surface area contributed by atoms with Gasteiger partial charge in [-0.2, -0.15) is 0 Å². The lowest BCUT2D eigenvalue weighted by Crippen LogP contribution is -2.21. The van der Waals surface area contributed by atoms with Crippen LogP contribution in [-0.2, 0) is 0 Å². The Morgan fingerprint density at radius 1 is 0.846 bits per heavy atom. The van der Waals surface area contributed by atoms with E-state index in [2.05, 4.69) is 15.6 Å². The number of nitrogens with zero attached hydrogens (tertiary/aromatic N) is 1. The van der Waals surface area contributed by atoms with E-state index in [9.17, 15) is 9.59 Å². The van der Waals surface area contributed by atoms with Gasteiger partial charge in [-0.05, 0) is 47.5 Å². The minimum Gasteiger partial charge on any atom is -0.308 e. The van der Waals surface area contributed by atoms with Crippen LogP contribution in [0.1, 0.15) is 10.4 Å². The fourth-order valence-electron chi connectivity index (χ4n) is 2.38. The van der Waals surface area contributed by atoms with Crippen LogP contribution in [0.4, 0.5) is 16.2 Å². The molecule has 0 bridgehead atoms. The van der Waals surface area contributed by atoms with Gasteiger partial charge in [0.1, 0.15) is 0 Å². The van der Waals surface area contributed by atoms with Crippen molar-refractivity contribution < 1.29 is 14.8 Å². The average molecular weight is 348 g/mol. The number of carbonyl (C=O) groups is 2. The molecule has 0 radical (unpaired) electrons. The van der Waals surface area contributed by atoms with Gasteiger partial charge in [0.15, 0.2) is 0 Å². The van der Waals surface area contributed by atoms with Gasteiger partial charge >= 0.3 is 6.03 Å². The molecule has 1 heterocycles. The number of aromatic nitrogens is 1. The number of hydrogen-bond donors (Lipinski definition) is 4. The molecule has 1 aromatic heterocycles. The van der Waals surface area contributed by atoms with Crippen LogP contribution in [0.5, 0.6) is 0 Å². The zero-order chi connectivity index (χ0) is 18.4. The number of carbonyl (C=O) groups excluding carboxylic acids is 2. The highest BCUT2D eigenvalue weighted by molar-refractivity contribution is 6.01. The van der Waals surface area contributed by atoms with Crippen molar-refractivity contribution in [1.29, 1.82) is 0 Å². The summed E-state index contributed by atoms with van der Waals surface area (Å²) in [5, 5.41) is 14.0. The summed E-state index contributed by atoms with van der Waals surface area (Å²) in [6.07, 6.45) is 3.48. The first kappa shape index (κ1) is 17.1. The third-order valence-corrected chi connectivity index (χ3v) is 3.62. The molecule has 0 aliphatic carbocycles. The second kappa shape index (κ2) is 7.91. The van der Waals surface area contributed by atoms with Crippen LogP contribution in [0, 0.1) is 0 Å². The fourth-order valence-corrected chi connectivity index (χ4v) is 2.38. The van der Waals surface area contributed by atoms with Crippen LogP contribution in [-0.4, -0.2) is 22.1 Å². The molecule has 2 aromatic carbocycles. The molecular weight excluding hydrogens is 332 g/mol. The van der Waals surface area contributed by atoms with Gasteiger partial charge in [0.25, 0.3) is 5.91 Å². The number of pyridine rings is 1. The summed E-state index contributed by atoms with van der Waals surface area (Å²) in [7, 11) is 0. The number of hydroxylamine groups is 1. The molecule has 0 spiro atoms. The molecule has 3 amide bonds. The largest absolute Gasteiger partial charge is 0.323 e. The number of amides is 3. The summed E-state index contributed by atoms with van der Waals surface area (Å²) >= 11 is 0. The summed E-state index contributed by atoms with van der Waals surface area (Å²) in [6, 6.07) is 16.9. The van der Waals surface area contributed by atoms with Crippen LogP contribution in [0.3, 0.4) is 0 Å². The molecule has 4 N–H and O–H groups in total. The van der Waals surface area contributed by atoms with Crippen molar-refractivity contribution in [2.75, 3.05) is 10.6 Å². The third-order valence-electron chi connectivity index (χ3n) is 3.62. The van der Waals surface area contributed by atoms with Gasteiger partial charge < -0.3 is 10.6 Å². The Labute approximate surface area is 149 Å². The summed E-state index contributed by atoms with van der Waals surface area (Å²) in [5.74, 6) is -0.653. The summed E-state index contributed by atoms with van der Waals surface area (Å²) in [6.45, 7) is 0. The normalized spacial score (nSPS) is 10.0. The van der Waals surface area contributed by atoms with Crippen molar-refractivity contribution in [1.82, 2.24) is 10.5 Å². The average Bonchev–Trinajstić information content (AvgIpc) is 2.68. The van der Waals surface area contributed by atoms with E-state index in [0.29, 0.717) is 11.4 Å². The second-order valence-corrected chi connectivity index (χ2v) is 5.42. The lowest BCUT2D eigenvalue weighted by molar-refractivity contribution is 0.0706. The molecule has 3 aromatic rings. The molecule has 0 atom stereocenters. The van der Waals surface area contributed by atoms with Gasteiger partial charge in [-0.25, -0.2) is 10.3 Å². The Hall–Kier alpha value is -3.71. The molecule has 0 unspecified atom stereocenters. The van der Waals surface area contributed by atoms with Crippen molar-refractivity contribution >= 4 is 23.3 Å². The minimum absolute atomic E-state index is 0.228. The van der Waals surface area contributed by atoms with Crippen LogP contribution in [0.25, 0.3) is 11.1 Å². The van der Waals surface area contributed by atoms with Crippen LogP contribution in [0.15, 0.2) is 73.1 Å². The maximum atomic E-state index is 12.1. The first-order chi connectivity index (χ1) is 12.7. The van der Waals surface area contributed by atoms with Gasteiger partial charge in [0.05, 0.1) is 0 Å². The maximum absolute atomic E-state index is 12.1. The number of rotatable bonds is 4. The maximum Gasteiger partial charge on any atom is 0.323 e. The Morgan fingerprint density at radius 2 is 1.62 bits per heavy atom. The van der Waals surface area contributed by atoms with E-state index in [4.69, 9.17) is 5.21 Å². The van der Waals surface area contributed by atoms with Gasteiger partial charge in [-0.15, -0.1) is 0 Å². The van der Waals surface area contributed by atoms with E-state index in [1.54, 1.807) is 42.1 Å². The van der Waals surface area contributed by atoms with Gasteiger partial charge in [0, 0.05) is 29.3 Å². The van der Waals surface area contributed by atoms with E-state index in [-0.39, 0.29) is 5.56 Å². The van der Waals surface area contributed by atoms with Crippen molar-refractivity contribution in [3.05, 3.63) is 78.6 Å². The number of benzene rings is 2. The zero-order valence-electron chi connectivity index (χ0n) is 13.6. The summed E-state index contributed by atoms with van der Waals surface area (Å²) in [4.78, 5) is 27.6. The molecule has 0 fully saturated rings. The van der Waals surface area contributed by atoms with E-state index >= 15 is 0 Å². The first-order valence-corrected chi connectivity index (χ1v) is 7.79. The predicted octanol–water partition coefficient (Wildman–Crippen LogP) is 3.51. The van der Waals surface area contributed by atoms with Crippen molar-refractivity contribution in [3.8, 4) is 11.1 Å². The monoisotopic (exact) mass is 348 g/mol. The second-order valence-electron chi connectivity index (χ2n) is 5.42. The smallest absolute Gasteiger partial charge is 0.308 e. The van der Waals surface area contributed by atoms with Crippen LogP contribution >= 0.6 is 0 Å².